The lowest BCUT2D eigenvalue weighted by atomic mass is 10.1. The van der Waals surface area contributed by atoms with Crippen molar-refractivity contribution in [2.24, 2.45) is 10.9 Å². The van der Waals surface area contributed by atoms with E-state index in [-0.39, 0.29) is 17.3 Å². The maximum Gasteiger partial charge on any atom is 0.283 e. The van der Waals surface area contributed by atoms with Crippen molar-refractivity contribution in [3.63, 3.8) is 0 Å². The summed E-state index contributed by atoms with van der Waals surface area (Å²) in [5.41, 5.74) is 2.69. The summed E-state index contributed by atoms with van der Waals surface area (Å²) in [6.45, 7) is 3.03. The van der Waals surface area contributed by atoms with Crippen molar-refractivity contribution in [1.82, 2.24) is 4.90 Å². The Balaban J connectivity index is 1.29. The summed E-state index contributed by atoms with van der Waals surface area (Å²) in [7, 11) is 1.57. The molecule has 2 aliphatic heterocycles. The van der Waals surface area contributed by atoms with Gasteiger partial charge in [-0.25, -0.2) is 0 Å². The molecule has 0 aliphatic carbocycles. The fourth-order valence-corrected chi connectivity index (χ4v) is 4.90. The summed E-state index contributed by atoms with van der Waals surface area (Å²) in [5, 5.41) is 11.2. The van der Waals surface area contributed by atoms with Gasteiger partial charge in [0.05, 0.1) is 31.6 Å². The second-order valence-corrected chi connectivity index (χ2v) is 9.72. The first-order chi connectivity index (χ1) is 18.5. The zero-order valence-corrected chi connectivity index (χ0v) is 21.9. The number of methoxy groups -OCH3 is 1. The van der Waals surface area contributed by atoms with Gasteiger partial charge < -0.3 is 14.2 Å². The Morgan fingerprint density at radius 3 is 2.42 bits per heavy atom. The standard InChI is InChI=1S/C30H27N3O4S/c1-20(17-36-23-11-7-4-8-12-23)18-37-26-14-13-21(16-27(26)35-2)15-24-28(31)33-25(22-9-5-3-6-10-22)19-38-30(33)32-29(24)34/h3-16,19-20,31H,17-18H2,1-2H3/b24-15+,31-28?/t20-/m0/s1. The van der Waals surface area contributed by atoms with Gasteiger partial charge in [0.25, 0.3) is 5.91 Å². The van der Waals surface area contributed by atoms with Gasteiger partial charge in [-0.3, -0.25) is 15.1 Å². The van der Waals surface area contributed by atoms with Crippen molar-refractivity contribution in [1.29, 1.82) is 5.41 Å². The average Bonchev–Trinajstić information content (AvgIpc) is 3.38. The Morgan fingerprint density at radius 1 is 0.974 bits per heavy atom. The van der Waals surface area contributed by atoms with E-state index in [0.29, 0.717) is 35.4 Å². The Morgan fingerprint density at radius 2 is 1.68 bits per heavy atom. The molecule has 1 atom stereocenters. The first-order valence-electron chi connectivity index (χ1n) is 12.2. The predicted molar refractivity (Wildman–Crippen MR) is 152 cm³/mol. The molecule has 0 fully saturated rings. The Kier molecular flexibility index (Phi) is 7.60. The van der Waals surface area contributed by atoms with Gasteiger partial charge in [-0.15, -0.1) is 0 Å². The van der Waals surface area contributed by atoms with E-state index >= 15 is 0 Å². The topological polar surface area (TPSA) is 84.2 Å². The lowest BCUT2D eigenvalue weighted by Crippen LogP contribution is -2.38. The van der Waals surface area contributed by atoms with Crippen LogP contribution >= 0.6 is 11.8 Å². The monoisotopic (exact) mass is 525 g/mol. The maximum absolute atomic E-state index is 12.8. The predicted octanol–water partition coefficient (Wildman–Crippen LogP) is 6.09. The Bertz CT molecular complexity index is 1430. The number of rotatable bonds is 9. The van der Waals surface area contributed by atoms with E-state index in [1.165, 1.54) is 11.8 Å². The molecule has 192 valence electrons. The van der Waals surface area contributed by atoms with E-state index < -0.39 is 5.91 Å². The number of nitrogens with one attached hydrogen (secondary N) is 1. The van der Waals surface area contributed by atoms with E-state index in [4.69, 9.17) is 19.6 Å². The van der Waals surface area contributed by atoms with Crippen LogP contribution in [0.15, 0.2) is 94.8 Å². The minimum Gasteiger partial charge on any atom is -0.493 e. The van der Waals surface area contributed by atoms with Crippen molar-refractivity contribution in [3.8, 4) is 17.2 Å². The number of benzene rings is 3. The summed E-state index contributed by atoms with van der Waals surface area (Å²) < 4.78 is 17.4. The largest absolute Gasteiger partial charge is 0.493 e. The summed E-state index contributed by atoms with van der Waals surface area (Å²) in [5.74, 6) is 1.76. The Hall–Kier alpha value is -4.30. The molecule has 8 heteroatoms. The number of amidine groups is 2. The molecule has 1 N–H and O–H groups in total. The lowest BCUT2D eigenvalue weighted by Gasteiger charge is -2.27. The highest BCUT2D eigenvalue weighted by molar-refractivity contribution is 8.17. The van der Waals surface area contributed by atoms with Crippen LogP contribution in [0.2, 0.25) is 0 Å². The van der Waals surface area contributed by atoms with Gasteiger partial charge >= 0.3 is 0 Å². The third-order valence-corrected chi connectivity index (χ3v) is 6.81. The normalized spacial score (nSPS) is 16.6. The number of para-hydroxylation sites is 1. The van der Waals surface area contributed by atoms with E-state index in [1.54, 1.807) is 24.2 Å². The van der Waals surface area contributed by atoms with Gasteiger partial charge in [-0.1, -0.05) is 73.3 Å². The number of hydrogen-bond donors (Lipinski definition) is 1. The zero-order chi connectivity index (χ0) is 26.5. The van der Waals surface area contributed by atoms with E-state index in [9.17, 15) is 4.79 Å². The molecule has 0 saturated carbocycles. The second kappa shape index (κ2) is 11.4. The third-order valence-electron chi connectivity index (χ3n) is 5.98. The van der Waals surface area contributed by atoms with Crippen molar-refractivity contribution in [2.45, 2.75) is 6.92 Å². The molecule has 7 nitrogen and oxygen atoms in total. The van der Waals surface area contributed by atoms with Gasteiger partial charge in [0.1, 0.15) is 11.6 Å². The van der Waals surface area contributed by atoms with Crippen molar-refractivity contribution >= 4 is 40.4 Å². The number of aliphatic imine (C=N–C) groups is 1. The van der Waals surface area contributed by atoms with Crippen LogP contribution in [-0.4, -0.2) is 42.1 Å². The molecular weight excluding hydrogens is 498 g/mol. The second-order valence-electron chi connectivity index (χ2n) is 8.88. The van der Waals surface area contributed by atoms with E-state index in [0.717, 1.165) is 17.0 Å². The van der Waals surface area contributed by atoms with Gasteiger partial charge in [0.15, 0.2) is 16.7 Å². The number of carbonyl (C=O) groups excluding carboxylic acids is 1. The number of amides is 1. The summed E-state index contributed by atoms with van der Waals surface area (Å²) >= 11 is 1.34. The molecule has 1 amide bonds. The molecule has 5 rings (SSSR count). The lowest BCUT2D eigenvalue weighted by molar-refractivity contribution is -0.114. The zero-order valence-electron chi connectivity index (χ0n) is 21.1. The van der Waals surface area contributed by atoms with E-state index in [1.807, 2.05) is 78.2 Å². The summed E-state index contributed by atoms with van der Waals surface area (Å²) in [4.78, 5) is 18.8. The molecule has 3 aromatic rings. The fraction of sp³-hybridized carbons (Fsp3) is 0.167. The molecule has 0 aromatic heterocycles. The molecule has 3 aromatic carbocycles. The van der Waals surface area contributed by atoms with Crippen LogP contribution in [0.4, 0.5) is 0 Å². The number of ether oxygens (including phenoxy) is 3. The number of fused-ring (bicyclic) bond motifs is 1. The van der Waals surface area contributed by atoms with Crippen LogP contribution in [0.5, 0.6) is 17.2 Å². The number of hydrogen-bond acceptors (Lipinski definition) is 6. The van der Waals surface area contributed by atoms with Crippen molar-refractivity contribution in [3.05, 3.63) is 101 Å². The van der Waals surface area contributed by atoms with Gasteiger partial charge in [0, 0.05) is 11.3 Å². The van der Waals surface area contributed by atoms with Crippen molar-refractivity contribution in [2.75, 3.05) is 20.3 Å². The first kappa shape index (κ1) is 25.4. The summed E-state index contributed by atoms with van der Waals surface area (Å²) in [6, 6.07) is 24.9. The third kappa shape index (κ3) is 5.50. The highest BCUT2D eigenvalue weighted by Crippen LogP contribution is 2.37. The van der Waals surface area contributed by atoms with Crippen molar-refractivity contribution < 1.29 is 19.0 Å². The van der Waals surface area contributed by atoms with Crippen LogP contribution in [-0.2, 0) is 4.79 Å². The van der Waals surface area contributed by atoms with Crippen LogP contribution in [0.3, 0.4) is 0 Å². The highest BCUT2D eigenvalue weighted by atomic mass is 32.2. The molecule has 2 aliphatic rings. The van der Waals surface area contributed by atoms with Crippen LogP contribution in [0, 0.1) is 11.3 Å². The minimum atomic E-state index is -0.442. The molecule has 0 spiro atoms. The van der Waals surface area contributed by atoms with Gasteiger partial charge in [-0.2, -0.15) is 4.99 Å². The molecule has 0 radical (unpaired) electrons. The first-order valence-corrected chi connectivity index (χ1v) is 13.1. The minimum absolute atomic E-state index is 0.0895. The van der Waals surface area contributed by atoms with Gasteiger partial charge in [-0.05, 0) is 41.5 Å². The van der Waals surface area contributed by atoms with E-state index in [2.05, 4.69) is 11.9 Å². The highest BCUT2D eigenvalue weighted by Gasteiger charge is 2.36. The molecular formula is C30H27N3O4S. The van der Waals surface area contributed by atoms with Gasteiger partial charge in [0.2, 0.25) is 0 Å². The maximum atomic E-state index is 12.8. The van der Waals surface area contributed by atoms with Crippen LogP contribution in [0.1, 0.15) is 18.1 Å². The summed E-state index contributed by atoms with van der Waals surface area (Å²) in [6.07, 6.45) is 1.67. The van der Waals surface area contributed by atoms with Crippen LogP contribution in [0.25, 0.3) is 11.8 Å². The van der Waals surface area contributed by atoms with Crippen LogP contribution < -0.4 is 14.2 Å². The number of carbonyl (C=O) groups is 1. The molecule has 0 saturated heterocycles. The average molecular weight is 526 g/mol. The number of thioether (sulfide) groups is 1. The Labute approximate surface area is 225 Å². The number of nitrogens with zero attached hydrogens (tertiary/aromatic N) is 2. The fourth-order valence-electron chi connectivity index (χ4n) is 4.01. The molecule has 0 bridgehead atoms. The smallest absolute Gasteiger partial charge is 0.283 e. The SMILES string of the molecule is COc1cc(/C=C2\C(=N)N3C(c4ccccc4)=CSC3=NC2=O)ccc1OC[C@@H](C)COc1ccccc1. The molecule has 38 heavy (non-hydrogen) atoms. The molecule has 2 heterocycles. The quantitative estimate of drug-likeness (QED) is 0.340. The molecule has 0 unspecified atom stereocenters.